The number of carbonyl (C=O) groups excluding carboxylic acids is 1. The van der Waals surface area contributed by atoms with Crippen LogP contribution in [0.2, 0.25) is 0 Å². The van der Waals surface area contributed by atoms with E-state index in [9.17, 15) is 9.18 Å². The van der Waals surface area contributed by atoms with Crippen LogP contribution in [-0.4, -0.2) is 70.1 Å². The van der Waals surface area contributed by atoms with E-state index in [0.717, 1.165) is 11.3 Å². The van der Waals surface area contributed by atoms with E-state index in [1.165, 1.54) is 12.1 Å². The third-order valence-electron chi connectivity index (χ3n) is 5.73. The highest BCUT2D eigenvalue weighted by Crippen LogP contribution is 2.39. The molecule has 8 nitrogen and oxygen atoms in total. The molecule has 0 bridgehead atoms. The van der Waals surface area contributed by atoms with Gasteiger partial charge in [-0.25, -0.2) is 4.39 Å². The minimum absolute atomic E-state index is 0.0880. The van der Waals surface area contributed by atoms with Gasteiger partial charge in [0.15, 0.2) is 11.5 Å². The maximum atomic E-state index is 13.2. The van der Waals surface area contributed by atoms with Gasteiger partial charge in [0.2, 0.25) is 11.9 Å². The molecule has 2 aliphatic rings. The van der Waals surface area contributed by atoms with Gasteiger partial charge in [-0.3, -0.25) is 4.79 Å². The average Bonchev–Trinajstić information content (AvgIpc) is 3.33. The van der Waals surface area contributed by atoms with Crippen molar-refractivity contribution < 1.29 is 28.2 Å². The first kappa shape index (κ1) is 21.7. The molecule has 4 rings (SSSR count). The van der Waals surface area contributed by atoms with Gasteiger partial charge in [-0.1, -0.05) is 5.16 Å². The lowest BCUT2D eigenvalue weighted by molar-refractivity contribution is -0.142. The van der Waals surface area contributed by atoms with E-state index in [0.29, 0.717) is 55.6 Å². The number of amides is 1. The molecule has 0 aliphatic carbocycles. The van der Waals surface area contributed by atoms with Crippen molar-refractivity contribution in [3.05, 3.63) is 47.8 Å². The third kappa shape index (κ3) is 4.28. The molecule has 1 atom stereocenters. The first-order valence-electron chi connectivity index (χ1n) is 10.4. The van der Waals surface area contributed by atoms with E-state index in [1.807, 2.05) is 0 Å². The Morgan fingerprint density at radius 1 is 1.00 bits per heavy atom. The Balaban J connectivity index is 1.38. The summed E-state index contributed by atoms with van der Waals surface area (Å²) >= 11 is 0. The summed E-state index contributed by atoms with van der Waals surface area (Å²) in [5, 5.41) is 4.15. The van der Waals surface area contributed by atoms with Gasteiger partial charge >= 0.3 is 0 Å². The quantitative estimate of drug-likeness (QED) is 0.684. The number of oxime groups is 1. The second-order valence-electron chi connectivity index (χ2n) is 7.54. The van der Waals surface area contributed by atoms with Crippen LogP contribution in [0.25, 0.3) is 0 Å². The molecule has 2 aromatic carbocycles. The molecule has 0 saturated carbocycles. The number of benzene rings is 2. The Bertz CT molecular complexity index is 978. The lowest BCUT2D eigenvalue weighted by Gasteiger charge is -2.36. The summed E-state index contributed by atoms with van der Waals surface area (Å²) in [6.45, 7) is 2.47. The Morgan fingerprint density at radius 3 is 2.19 bits per heavy atom. The molecule has 9 heteroatoms. The van der Waals surface area contributed by atoms with Crippen LogP contribution in [0.5, 0.6) is 17.2 Å². The predicted octanol–water partition coefficient (Wildman–Crippen LogP) is 2.69. The molecule has 1 saturated heterocycles. The fourth-order valence-electron chi connectivity index (χ4n) is 3.97. The zero-order valence-corrected chi connectivity index (χ0v) is 18.3. The van der Waals surface area contributed by atoms with Crippen LogP contribution < -0.4 is 19.1 Å². The van der Waals surface area contributed by atoms with Crippen molar-refractivity contribution in [2.45, 2.75) is 12.5 Å². The fraction of sp³-hybridized carbons (Fsp3) is 0.391. The number of anilines is 1. The van der Waals surface area contributed by atoms with Gasteiger partial charge in [-0.05, 0) is 36.4 Å². The van der Waals surface area contributed by atoms with E-state index >= 15 is 0 Å². The minimum atomic E-state index is -0.665. The zero-order valence-electron chi connectivity index (χ0n) is 18.3. The number of ether oxygens (including phenoxy) is 3. The van der Waals surface area contributed by atoms with Crippen LogP contribution in [0.4, 0.5) is 10.1 Å². The van der Waals surface area contributed by atoms with Crippen molar-refractivity contribution >= 4 is 17.3 Å². The van der Waals surface area contributed by atoms with Crippen molar-refractivity contribution in [2.24, 2.45) is 5.16 Å². The zero-order chi connectivity index (χ0) is 22.7. The van der Waals surface area contributed by atoms with Crippen molar-refractivity contribution in [1.82, 2.24) is 4.90 Å². The van der Waals surface area contributed by atoms with Crippen LogP contribution in [0.3, 0.4) is 0 Å². The molecule has 2 aliphatic heterocycles. The summed E-state index contributed by atoms with van der Waals surface area (Å²) in [6, 6.07) is 9.98. The molecule has 1 fully saturated rings. The van der Waals surface area contributed by atoms with E-state index in [1.54, 1.807) is 50.5 Å². The number of piperazine rings is 1. The Hall–Kier alpha value is -3.49. The monoisotopic (exact) mass is 443 g/mol. The molecule has 32 heavy (non-hydrogen) atoms. The topological polar surface area (TPSA) is 72.8 Å². The second-order valence-corrected chi connectivity index (χ2v) is 7.54. The normalized spacial score (nSPS) is 18.1. The summed E-state index contributed by atoms with van der Waals surface area (Å²) < 4.78 is 29.3. The maximum absolute atomic E-state index is 13.2. The lowest BCUT2D eigenvalue weighted by Crippen LogP contribution is -2.51. The number of methoxy groups -OCH3 is 3. The van der Waals surface area contributed by atoms with Gasteiger partial charge in [0.25, 0.3) is 5.91 Å². The van der Waals surface area contributed by atoms with Gasteiger partial charge < -0.3 is 28.8 Å². The van der Waals surface area contributed by atoms with Crippen molar-refractivity contribution in [3.8, 4) is 17.2 Å². The largest absolute Gasteiger partial charge is 0.493 e. The molecule has 0 radical (unpaired) electrons. The van der Waals surface area contributed by atoms with Gasteiger partial charge in [0, 0.05) is 43.9 Å². The molecule has 0 unspecified atom stereocenters. The summed E-state index contributed by atoms with van der Waals surface area (Å²) in [5.74, 6) is 1.16. The number of hydrogen-bond donors (Lipinski definition) is 0. The average molecular weight is 443 g/mol. The first-order valence-corrected chi connectivity index (χ1v) is 10.4. The highest BCUT2D eigenvalue weighted by Gasteiger charge is 2.34. The number of carbonyl (C=O) groups is 1. The number of hydrogen-bond acceptors (Lipinski definition) is 7. The predicted molar refractivity (Wildman–Crippen MR) is 117 cm³/mol. The molecule has 2 aromatic rings. The summed E-state index contributed by atoms with van der Waals surface area (Å²) in [4.78, 5) is 22.4. The molecule has 0 aromatic heterocycles. The van der Waals surface area contributed by atoms with Crippen molar-refractivity contribution in [1.29, 1.82) is 0 Å². The summed E-state index contributed by atoms with van der Waals surface area (Å²) in [7, 11) is 4.64. The van der Waals surface area contributed by atoms with Crippen molar-refractivity contribution in [2.75, 3.05) is 52.4 Å². The SMILES string of the molecule is COc1cc(C2=NO[C@H](C(=O)N3CCN(c4ccc(F)cc4)CC3)C2)cc(OC)c1OC. The number of rotatable bonds is 6. The van der Waals surface area contributed by atoms with E-state index in [-0.39, 0.29) is 11.7 Å². The maximum Gasteiger partial charge on any atom is 0.267 e. The van der Waals surface area contributed by atoms with Gasteiger partial charge in [0.05, 0.1) is 27.0 Å². The van der Waals surface area contributed by atoms with E-state index in [2.05, 4.69) is 10.1 Å². The highest BCUT2D eigenvalue weighted by molar-refractivity contribution is 6.05. The van der Waals surface area contributed by atoms with Gasteiger partial charge in [0.1, 0.15) is 5.82 Å². The lowest BCUT2D eigenvalue weighted by atomic mass is 10.0. The first-order chi connectivity index (χ1) is 15.5. The number of nitrogens with zero attached hydrogens (tertiary/aromatic N) is 3. The molecular formula is C23H26FN3O5. The van der Waals surface area contributed by atoms with Crippen LogP contribution in [-0.2, 0) is 9.63 Å². The summed E-state index contributed by atoms with van der Waals surface area (Å²) in [6.07, 6.45) is -0.309. The Labute approximate surface area is 186 Å². The fourth-order valence-corrected chi connectivity index (χ4v) is 3.97. The standard InChI is InChI=1S/C23H26FN3O5/c1-29-19-12-15(13-20(30-2)22(19)31-3)18-14-21(32-25-18)23(28)27-10-8-26(9-11-27)17-6-4-16(24)5-7-17/h4-7,12-13,21H,8-11,14H2,1-3H3/t21-/m0/s1. The van der Waals surface area contributed by atoms with Gasteiger partial charge in [-0.2, -0.15) is 0 Å². The van der Waals surface area contributed by atoms with E-state index in [4.69, 9.17) is 19.0 Å². The van der Waals surface area contributed by atoms with Crippen LogP contribution in [0.1, 0.15) is 12.0 Å². The van der Waals surface area contributed by atoms with Crippen LogP contribution in [0, 0.1) is 5.82 Å². The molecule has 0 N–H and O–H groups in total. The molecule has 2 heterocycles. The molecular weight excluding hydrogens is 417 g/mol. The second kappa shape index (κ2) is 9.33. The third-order valence-corrected chi connectivity index (χ3v) is 5.73. The number of halogens is 1. The minimum Gasteiger partial charge on any atom is -0.493 e. The molecule has 1 amide bonds. The van der Waals surface area contributed by atoms with Crippen LogP contribution in [0.15, 0.2) is 41.6 Å². The van der Waals surface area contributed by atoms with Crippen LogP contribution >= 0.6 is 0 Å². The smallest absolute Gasteiger partial charge is 0.267 e. The Kier molecular flexibility index (Phi) is 6.34. The Morgan fingerprint density at radius 2 is 1.62 bits per heavy atom. The molecule has 0 spiro atoms. The summed E-state index contributed by atoms with van der Waals surface area (Å²) in [5.41, 5.74) is 2.34. The van der Waals surface area contributed by atoms with E-state index < -0.39 is 6.10 Å². The molecule has 170 valence electrons. The highest BCUT2D eigenvalue weighted by atomic mass is 19.1. The van der Waals surface area contributed by atoms with Crippen molar-refractivity contribution in [3.63, 3.8) is 0 Å². The van der Waals surface area contributed by atoms with Gasteiger partial charge in [-0.15, -0.1) is 0 Å².